The van der Waals surface area contributed by atoms with Gasteiger partial charge in [-0.2, -0.15) is 0 Å². The van der Waals surface area contributed by atoms with Gasteiger partial charge in [0.1, 0.15) is 11.6 Å². The van der Waals surface area contributed by atoms with Crippen molar-refractivity contribution in [2.24, 2.45) is 0 Å². The van der Waals surface area contributed by atoms with E-state index in [0.717, 1.165) is 36.1 Å². The molecule has 144 valence electrons. The maximum atomic E-state index is 13.1. The second-order valence-electron chi connectivity index (χ2n) is 6.69. The Bertz CT molecular complexity index is 911. The summed E-state index contributed by atoms with van der Waals surface area (Å²) >= 11 is 0. The number of hydrogen-bond acceptors (Lipinski definition) is 4. The third-order valence-electron chi connectivity index (χ3n) is 4.46. The first-order chi connectivity index (χ1) is 13.7. The van der Waals surface area contributed by atoms with E-state index in [1.807, 2.05) is 30.3 Å². The van der Waals surface area contributed by atoms with Crippen LogP contribution in [0.3, 0.4) is 0 Å². The highest BCUT2D eigenvalue weighted by Crippen LogP contribution is 2.21. The third kappa shape index (κ3) is 5.46. The first-order valence-corrected chi connectivity index (χ1v) is 9.57. The Morgan fingerprint density at radius 2 is 1.79 bits per heavy atom. The summed E-state index contributed by atoms with van der Waals surface area (Å²) in [4.78, 5) is 21.4. The molecule has 0 radical (unpaired) electrons. The van der Waals surface area contributed by atoms with Crippen LogP contribution in [0.15, 0.2) is 60.8 Å². The topological polar surface area (TPSA) is 54.9 Å². The van der Waals surface area contributed by atoms with Gasteiger partial charge in [-0.25, -0.2) is 14.4 Å². The van der Waals surface area contributed by atoms with Crippen molar-refractivity contribution in [1.29, 1.82) is 0 Å². The number of rotatable bonds is 9. The van der Waals surface area contributed by atoms with Gasteiger partial charge < -0.3 is 5.32 Å². The summed E-state index contributed by atoms with van der Waals surface area (Å²) in [6.07, 6.45) is 4.55. The molecule has 0 aliphatic rings. The molecule has 0 spiro atoms. The number of nitrogens with zero attached hydrogens (tertiary/aromatic N) is 2. The van der Waals surface area contributed by atoms with Crippen LogP contribution in [0.2, 0.25) is 0 Å². The number of halogens is 1. The maximum Gasteiger partial charge on any atom is 0.152 e. The molecule has 0 amide bonds. The molecule has 0 bridgehead atoms. The Labute approximate surface area is 164 Å². The summed E-state index contributed by atoms with van der Waals surface area (Å²) < 4.78 is 13.1. The summed E-state index contributed by atoms with van der Waals surface area (Å²) in [7, 11) is 0. The smallest absolute Gasteiger partial charge is 0.152 e. The molecule has 0 saturated carbocycles. The van der Waals surface area contributed by atoms with Crippen LogP contribution >= 0.6 is 0 Å². The number of anilines is 1. The van der Waals surface area contributed by atoms with Crippen LogP contribution in [0.25, 0.3) is 11.3 Å². The van der Waals surface area contributed by atoms with E-state index >= 15 is 0 Å². The van der Waals surface area contributed by atoms with Gasteiger partial charge in [0, 0.05) is 12.0 Å². The number of ketones is 1. The van der Waals surface area contributed by atoms with Crippen molar-refractivity contribution < 1.29 is 9.18 Å². The highest BCUT2D eigenvalue weighted by atomic mass is 19.1. The Morgan fingerprint density at radius 1 is 1.04 bits per heavy atom. The van der Waals surface area contributed by atoms with Crippen molar-refractivity contribution in [2.75, 3.05) is 11.9 Å². The minimum absolute atomic E-state index is 0.135. The van der Waals surface area contributed by atoms with E-state index in [-0.39, 0.29) is 18.1 Å². The second kappa shape index (κ2) is 9.74. The molecule has 5 heteroatoms. The predicted molar refractivity (Wildman–Crippen MR) is 110 cm³/mol. The SMILES string of the molecule is CCCc1nc(-c2ccc(F)cc2)cnc1NCC(=O)CCc1ccccc1. The monoisotopic (exact) mass is 377 g/mol. The van der Waals surface area contributed by atoms with Crippen molar-refractivity contribution in [1.82, 2.24) is 9.97 Å². The first-order valence-electron chi connectivity index (χ1n) is 9.57. The molecule has 0 fully saturated rings. The van der Waals surface area contributed by atoms with E-state index < -0.39 is 0 Å². The number of aromatic nitrogens is 2. The van der Waals surface area contributed by atoms with Crippen molar-refractivity contribution >= 4 is 11.6 Å². The summed E-state index contributed by atoms with van der Waals surface area (Å²) in [6, 6.07) is 16.2. The van der Waals surface area contributed by atoms with E-state index in [1.165, 1.54) is 12.1 Å². The van der Waals surface area contributed by atoms with Crippen molar-refractivity contribution in [3.63, 3.8) is 0 Å². The molecule has 3 aromatic rings. The lowest BCUT2D eigenvalue weighted by molar-refractivity contribution is -0.117. The first kappa shape index (κ1) is 19.7. The molecule has 1 aromatic heterocycles. The number of carbonyl (C=O) groups excluding carboxylic acids is 1. The molecule has 1 heterocycles. The lowest BCUT2D eigenvalue weighted by Crippen LogP contribution is -2.17. The molecule has 0 unspecified atom stereocenters. The normalized spacial score (nSPS) is 10.6. The second-order valence-corrected chi connectivity index (χ2v) is 6.69. The highest BCUT2D eigenvalue weighted by molar-refractivity contribution is 5.83. The molecule has 2 aromatic carbocycles. The number of hydrogen-bond donors (Lipinski definition) is 1. The molecule has 0 atom stereocenters. The zero-order chi connectivity index (χ0) is 19.8. The summed E-state index contributed by atoms with van der Waals surface area (Å²) in [5.41, 5.74) is 3.49. The van der Waals surface area contributed by atoms with Crippen LogP contribution in [0.5, 0.6) is 0 Å². The van der Waals surface area contributed by atoms with E-state index in [4.69, 9.17) is 0 Å². The fraction of sp³-hybridized carbons (Fsp3) is 0.261. The molecular weight excluding hydrogens is 353 g/mol. The summed E-state index contributed by atoms with van der Waals surface area (Å²) in [6.45, 7) is 2.30. The van der Waals surface area contributed by atoms with Gasteiger partial charge in [0.25, 0.3) is 0 Å². The molecule has 0 aliphatic heterocycles. The van der Waals surface area contributed by atoms with E-state index in [9.17, 15) is 9.18 Å². The number of carbonyl (C=O) groups is 1. The van der Waals surface area contributed by atoms with Gasteiger partial charge in [0.15, 0.2) is 5.78 Å². The van der Waals surface area contributed by atoms with Gasteiger partial charge in [-0.3, -0.25) is 4.79 Å². The van der Waals surface area contributed by atoms with E-state index in [2.05, 4.69) is 22.2 Å². The molecule has 4 nitrogen and oxygen atoms in total. The Hall–Kier alpha value is -3.08. The average Bonchev–Trinajstić information content (AvgIpc) is 2.73. The number of Topliss-reactive ketones (excluding diaryl/α,β-unsaturated/α-hetero) is 1. The summed E-state index contributed by atoms with van der Waals surface area (Å²) in [5, 5.41) is 3.14. The predicted octanol–water partition coefficient (Wildman–Crippen LogP) is 4.85. The fourth-order valence-corrected chi connectivity index (χ4v) is 2.95. The van der Waals surface area contributed by atoms with E-state index in [1.54, 1.807) is 18.3 Å². The molecule has 0 aliphatic carbocycles. The number of aryl methyl sites for hydroxylation is 2. The average molecular weight is 377 g/mol. The fourth-order valence-electron chi connectivity index (χ4n) is 2.95. The molecule has 28 heavy (non-hydrogen) atoms. The lowest BCUT2D eigenvalue weighted by atomic mass is 10.1. The van der Waals surface area contributed by atoms with Gasteiger partial charge >= 0.3 is 0 Å². The number of nitrogens with one attached hydrogen (secondary N) is 1. The van der Waals surface area contributed by atoms with Crippen LogP contribution in [0, 0.1) is 5.82 Å². The standard InChI is InChI=1S/C23H24FN3O/c1-2-6-21-23(25-15-20(28)14-9-17-7-4-3-5-8-17)26-16-22(27-21)18-10-12-19(24)13-11-18/h3-5,7-8,10-13,16H,2,6,9,14-15H2,1H3,(H,25,26). The lowest BCUT2D eigenvalue weighted by Gasteiger charge is -2.11. The quantitative estimate of drug-likeness (QED) is 0.579. The Morgan fingerprint density at radius 3 is 2.50 bits per heavy atom. The minimum atomic E-state index is -0.280. The molecule has 3 rings (SSSR count). The van der Waals surface area contributed by atoms with E-state index in [0.29, 0.717) is 17.9 Å². The largest absolute Gasteiger partial charge is 0.361 e. The highest BCUT2D eigenvalue weighted by Gasteiger charge is 2.10. The van der Waals surface area contributed by atoms with Gasteiger partial charge in [-0.05, 0) is 42.7 Å². The van der Waals surface area contributed by atoms with Gasteiger partial charge in [-0.1, -0.05) is 43.7 Å². The van der Waals surface area contributed by atoms with Crippen molar-refractivity contribution in [3.8, 4) is 11.3 Å². The van der Waals surface area contributed by atoms with Crippen LogP contribution in [0.1, 0.15) is 31.0 Å². The van der Waals surface area contributed by atoms with Crippen LogP contribution < -0.4 is 5.32 Å². The zero-order valence-corrected chi connectivity index (χ0v) is 16.0. The maximum absolute atomic E-state index is 13.1. The number of benzene rings is 2. The van der Waals surface area contributed by atoms with Crippen LogP contribution in [0.4, 0.5) is 10.2 Å². The van der Waals surface area contributed by atoms with Crippen LogP contribution in [-0.2, 0) is 17.6 Å². The van der Waals surface area contributed by atoms with Crippen molar-refractivity contribution in [2.45, 2.75) is 32.6 Å². The van der Waals surface area contributed by atoms with Crippen molar-refractivity contribution in [3.05, 3.63) is 77.9 Å². The van der Waals surface area contributed by atoms with Gasteiger partial charge in [0.05, 0.1) is 24.1 Å². The zero-order valence-electron chi connectivity index (χ0n) is 16.0. The molecule has 1 N–H and O–H groups in total. The third-order valence-corrected chi connectivity index (χ3v) is 4.46. The molecular formula is C23H24FN3O. The van der Waals surface area contributed by atoms with Crippen LogP contribution in [-0.4, -0.2) is 22.3 Å². The van der Waals surface area contributed by atoms with Gasteiger partial charge in [0.2, 0.25) is 0 Å². The Balaban J connectivity index is 1.64. The van der Waals surface area contributed by atoms with Gasteiger partial charge in [-0.15, -0.1) is 0 Å². The summed E-state index contributed by atoms with van der Waals surface area (Å²) in [5.74, 6) is 0.495. The Kier molecular flexibility index (Phi) is 6.84. The molecule has 0 saturated heterocycles. The minimum Gasteiger partial charge on any atom is -0.361 e.